The van der Waals surface area contributed by atoms with E-state index in [4.69, 9.17) is 21.4 Å². The molecule has 0 saturated heterocycles. The van der Waals surface area contributed by atoms with Gasteiger partial charge in [0.2, 0.25) is 0 Å². The molecule has 0 radical (unpaired) electrons. The van der Waals surface area contributed by atoms with Crippen LogP contribution in [0.15, 0.2) is 42.5 Å². The predicted molar refractivity (Wildman–Crippen MR) is 84.0 cm³/mol. The van der Waals surface area contributed by atoms with Gasteiger partial charge in [0.25, 0.3) is 0 Å². The Kier molecular flexibility index (Phi) is 4.85. The lowest BCUT2D eigenvalue weighted by molar-refractivity contribution is 0.0698. The van der Waals surface area contributed by atoms with Gasteiger partial charge < -0.3 is 20.5 Å². The van der Waals surface area contributed by atoms with Crippen molar-refractivity contribution in [3.63, 3.8) is 0 Å². The summed E-state index contributed by atoms with van der Waals surface area (Å²) < 4.78 is 5.05. The normalized spacial score (nSPS) is 9.91. The van der Waals surface area contributed by atoms with E-state index in [0.717, 1.165) is 0 Å². The minimum absolute atomic E-state index is 0.0507. The number of carbonyl (C=O) groups excluding carboxylic acids is 1. The van der Waals surface area contributed by atoms with Gasteiger partial charge in [0.1, 0.15) is 5.75 Å². The number of carboxylic acids is 1. The van der Waals surface area contributed by atoms with E-state index in [-0.39, 0.29) is 11.3 Å². The molecule has 2 rings (SSSR count). The molecule has 6 nitrogen and oxygen atoms in total. The van der Waals surface area contributed by atoms with E-state index in [1.165, 1.54) is 25.3 Å². The molecule has 114 valence electrons. The van der Waals surface area contributed by atoms with Crippen LogP contribution in [-0.4, -0.2) is 24.2 Å². The monoisotopic (exact) mass is 320 g/mol. The van der Waals surface area contributed by atoms with E-state index in [1.807, 2.05) is 0 Å². The number of rotatable bonds is 4. The summed E-state index contributed by atoms with van der Waals surface area (Å²) in [6.45, 7) is 0. The van der Waals surface area contributed by atoms with E-state index in [9.17, 15) is 9.59 Å². The van der Waals surface area contributed by atoms with Gasteiger partial charge >= 0.3 is 12.0 Å². The second-order valence-corrected chi connectivity index (χ2v) is 4.74. The van der Waals surface area contributed by atoms with Crippen LogP contribution in [-0.2, 0) is 0 Å². The molecule has 2 aromatic rings. The number of carboxylic acid groups (broad SMARTS) is 1. The molecule has 0 bridgehead atoms. The van der Waals surface area contributed by atoms with Crippen molar-refractivity contribution in [3.8, 4) is 5.75 Å². The number of nitrogens with one attached hydrogen (secondary N) is 2. The molecule has 0 unspecified atom stereocenters. The molecule has 0 fully saturated rings. The highest BCUT2D eigenvalue weighted by Crippen LogP contribution is 2.22. The van der Waals surface area contributed by atoms with Crippen molar-refractivity contribution in [3.05, 3.63) is 53.1 Å². The van der Waals surface area contributed by atoms with Gasteiger partial charge in [-0.15, -0.1) is 0 Å². The van der Waals surface area contributed by atoms with Gasteiger partial charge in [-0.05, 0) is 30.3 Å². The molecule has 2 aromatic carbocycles. The summed E-state index contributed by atoms with van der Waals surface area (Å²) in [5.41, 5.74) is 0.571. The third-order valence-corrected chi connectivity index (χ3v) is 3.02. The Morgan fingerprint density at radius 3 is 2.59 bits per heavy atom. The first-order valence-corrected chi connectivity index (χ1v) is 6.62. The van der Waals surface area contributed by atoms with Crippen LogP contribution < -0.4 is 15.4 Å². The molecule has 0 aliphatic heterocycles. The van der Waals surface area contributed by atoms with Gasteiger partial charge in [0.05, 0.1) is 18.4 Å². The summed E-state index contributed by atoms with van der Waals surface area (Å²) in [6, 6.07) is 10.3. The van der Waals surface area contributed by atoms with E-state index in [2.05, 4.69) is 10.6 Å². The third kappa shape index (κ3) is 3.89. The zero-order chi connectivity index (χ0) is 16.1. The number of anilines is 2. The summed E-state index contributed by atoms with van der Waals surface area (Å²) >= 11 is 5.82. The lowest BCUT2D eigenvalue weighted by Crippen LogP contribution is -2.21. The average Bonchev–Trinajstić information content (AvgIpc) is 2.47. The Balaban J connectivity index is 2.15. The Morgan fingerprint density at radius 1 is 1.14 bits per heavy atom. The van der Waals surface area contributed by atoms with Crippen LogP contribution in [0.5, 0.6) is 5.75 Å². The number of carbonyl (C=O) groups is 2. The molecule has 0 aliphatic rings. The first kappa shape index (κ1) is 15.7. The lowest BCUT2D eigenvalue weighted by atomic mass is 10.2. The molecule has 0 saturated carbocycles. The molecule has 0 atom stereocenters. The van der Waals surface area contributed by atoms with Crippen LogP contribution in [0.25, 0.3) is 0 Å². The Bertz CT molecular complexity index is 718. The number of hydrogen-bond acceptors (Lipinski definition) is 3. The minimum Gasteiger partial charge on any atom is -0.497 e. The maximum absolute atomic E-state index is 12.0. The summed E-state index contributed by atoms with van der Waals surface area (Å²) in [6.07, 6.45) is 0. The van der Waals surface area contributed by atoms with Gasteiger partial charge in [0, 0.05) is 16.8 Å². The number of aromatic carboxylic acids is 1. The standard InChI is InChI=1S/C15H13ClN2O4/c1-22-11-4-2-3-10(8-11)17-15(21)18-13-7-9(16)5-6-12(13)14(19)20/h2-8H,1H3,(H,19,20)(H2,17,18,21). The van der Waals surface area contributed by atoms with E-state index in [1.54, 1.807) is 24.3 Å². The van der Waals surface area contributed by atoms with Gasteiger partial charge in [-0.25, -0.2) is 9.59 Å². The fourth-order valence-corrected chi connectivity index (χ4v) is 1.96. The van der Waals surface area contributed by atoms with Crippen LogP contribution in [0.4, 0.5) is 16.2 Å². The van der Waals surface area contributed by atoms with Crippen molar-refractivity contribution in [2.24, 2.45) is 0 Å². The average molecular weight is 321 g/mol. The second-order valence-electron chi connectivity index (χ2n) is 4.31. The number of halogens is 1. The van der Waals surface area contributed by atoms with Crippen LogP contribution in [0.1, 0.15) is 10.4 Å². The first-order valence-electron chi connectivity index (χ1n) is 6.24. The van der Waals surface area contributed by atoms with Crippen molar-refractivity contribution < 1.29 is 19.4 Å². The first-order chi connectivity index (χ1) is 10.5. The highest BCUT2D eigenvalue weighted by Gasteiger charge is 2.13. The minimum atomic E-state index is -1.16. The van der Waals surface area contributed by atoms with Crippen molar-refractivity contribution in [2.75, 3.05) is 17.7 Å². The summed E-state index contributed by atoms with van der Waals surface area (Å²) in [5, 5.41) is 14.5. The second kappa shape index (κ2) is 6.82. The third-order valence-electron chi connectivity index (χ3n) is 2.79. The zero-order valence-electron chi connectivity index (χ0n) is 11.6. The Labute approximate surface area is 131 Å². The Morgan fingerprint density at radius 2 is 1.91 bits per heavy atom. The van der Waals surface area contributed by atoms with Crippen LogP contribution in [0, 0.1) is 0 Å². The quantitative estimate of drug-likeness (QED) is 0.801. The smallest absolute Gasteiger partial charge is 0.337 e. The molecule has 22 heavy (non-hydrogen) atoms. The van der Waals surface area contributed by atoms with Crippen LogP contribution in [0.3, 0.4) is 0 Å². The molecular weight excluding hydrogens is 308 g/mol. The fraction of sp³-hybridized carbons (Fsp3) is 0.0667. The van der Waals surface area contributed by atoms with Crippen molar-refractivity contribution in [2.45, 2.75) is 0 Å². The van der Waals surface area contributed by atoms with Gasteiger partial charge in [-0.1, -0.05) is 17.7 Å². The number of urea groups is 1. The molecule has 2 amide bonds. The summed E-state index contributed by atoms with van der Waals surface area (Å²) in [5.74, 6) is -0.569. The fourth-order valence-electron chi connectivity index (χ4n) is 1.79. The maximum Gasteiger partial charge on any atom is 0.337 e. The number of hydrogen-bond donors (Lipinski definition) is 3. The van der Waals surface area contributed by atoms with E-state index >= 15 is 0 Å². The van der Waals surface area contributed by atoms with Crippen molar-refractivity contribution in [1.82, 2.24) is 0 Å². The molecular formula is C15H13ClN2O4. The van der Waals surface area contributed by atoms with Crippen LogP contribution in [0.2, 0.25) is 5.02 Å². The molecule has 0 aromatic heterocycles. The van der Waals surface area contributed by atoms with Crippen molar-refractivity contribution in [1.29, 1.82) is 0 Å². The molecule has 0 aliphatic carbocycles. The topological polar surface area (TPSA) is 87.7 Å². The number of methoxy groups -OCH3 is 1. The SMILES string of the molecule is COc1cccc(NC(=O)Nc2cc(Cl)ccc2C(=O)O)c1. The molecule has 0 spiro atoms. The van der Waals surface area contributed by atoms with E-state index < -0.39 is 12.0 Å². The Hall–Kier alpha value is -2.73. The molecule has 7 heteroatoms. The predicted octanol–water partition coefficient (Wildman–Crippen LogP) is 3.69. The lowest BCUT2D eigenvalue weighted by Gasteiger charge is -2.11. The summed E-state index contributed by atoms with van der Waals surface area (Å²) in [4.78, 5) is 23.1. The number of ether oxygens (including phenoxy) is 1. The molecule has 3 N–H and O–H groups in total. The zero-order valence-corrected chi connectivity index (χ0v) is 12.3. The number of amides is 2. The van der Waals surface area contributed by atoms with Gasteiger partial charge in [-0.3, -0.25) is 0 Å². The molecule has 0 heterocycles. The van der Waals surface area contributed by atoms with Gasteiger partial charge in [0.15, 0.2) is 0 Å². The highest BCUT2D eigenvalue weighted by molar-refractivity contribution is 6.31. The summed E-state index contributed by atoms with van der Waals surface area (Å²) in [7, 11) is 1.52. The largest absolute Gasteiger partial charge is 0.497 e. The number of benzene rings is 2. The van der Waals surface area contributed by atoms with E-state index in [0.29, 0.717) is 16.5 Å². The van der Waals surface area contributed by atoms with Gasteiger partial charge in [-0.2, -0.15) is 0 Å². The van der Waals surface area contributed by atoms with Crippen LogP contribution >= 0.6 is 11.6 Å². The van der Waals surface area contributed by atoms with Crippen molar-refractivity contribution >= 4 is 35.0 Å². The highest BCUT2D eigenvalue weighted by atomic mass is 35.5. The maximum atomic E-state index is 12.0.